The zero-order chi connectivity index (χ0) is 31.4. The molecule has 230 valence electrons. The van der Waals surface area contributed by atoms with Crippen molar-refractivity contribution >= 4 is 28.0 Å². The zero-order valence-electron chi connectivity index (χ0n) is 24.4. The third-order valence-electron chi connectivity index (χ3n) is 6.36. The summed E-state index contributed by atoms with van der Waals surface area (Å²) in [6.07, 6.45) is -5.60. The Bertz CT molecular complexity index is 1130. The summed E-state index contributed by atoms with van der Waals surface area (Å²) in [6, 6.07) is 2.91. The topological polar surface area (TPSA) is 88.1 Å². The summed E-state index contributed by atoms with van der Waals surface area (Å²) in [5, 5.41) is 11.8. The van der Waals surface area contributed by atoms with Crippen LogP contribution < -0.4 is 5.32 Å². The molecule has 0 aromatic heterocycles. The molecule has 0 radical (unpaired) electrons. The van der Waals surface area contributed by atoms with Crippen molar-refractivity contribution in [3.05, 3.63) is 34.3 Å². The SMILES string of the molecule is CC(C)(F)C[C@H](N[C@@](C#CCCC[C@H]1COC(C)(C)N1C(=O)OC(C)(C)C)(c1ccc(Br)cc1)C(F)(F)F)C(=O)O. The predicted molar refractivity (Wildman–Crippen MR) is 150 cm³/mol. The second-order valence-corrected chi connectivity index (χ2v) is 13.1. The van der Waals surface area contributed by atoms with E-state index in [1.807, 2.05) is 0 Å². The Morgan fingerprint density at radius 2 is 1.76 bits per heavy atom. The van der Waals surface area contributed by atoms with Crippen LogP contribution in [0.4, 0.5) is 22.4 Å². The average Bonchev–Trinajstić information content (AvgIpc) is 3.09. The maximum absolute atomic E-state index is 14.8. The third kappa shape index (κ3) is 9.58. The Hall–Kier alpha value is -2.36. The number of rotatable bonds is 9. The maximum atomic E-state index is 14.8. The van der Waals surface area contributed by atoms with Gasteiger partial charge < -0.3 is 14.6 Å². The van der Waals surface area contributed by atoms with Gasteiger partial charge in [-0.05, 0) is 79.0 Å². The Morgan fingerprint density at radius 1 is 1.17 bits per heavy atom. The van der Waals surface area contributed by atoms with E-state index in [-0.39, 0.29) is 24.6 Å². The van der Waals surface area contributed by atoms with Crippen LogP contribution in [0.25, 0.3) is 0 Å². The predicted octanol–water partition coefficient (Wildman–Crippen LogP) is 6.93. The number of benzene rings is 1. The standard InChI is InChI=1S/C29H39BrF4N2O5/c1-25(2,3)41-24(39)36-21(18-40-27(36,6)7)11-9-8-10-16-28(29(32,33)34,19-12-14-20(30)15-13-19)35-22(23(37)38)17-26(4,5)31/h12-15,21-22,35H,8-9,11,17-18H2,1-7H3,(H,37,38)/t21-,22-,28-/m0/s1. The monoisotopic (exact) mass is 650 g/mol. The van der Waals surface area contributed by atoms with E-state index in [4.69, 9.17) is 9.47 Å². The lowest BCUT2D eigenvalue weighted by atomic mass is 9.87. The van der Waals surface area contributed by atoms with Crippen molar-refractivity contribution in [1.29, 1.82) is 0 Å². The van der Waals surface area contributed by atoms with Gasteiger partial charge in [0, 0.05) is 17.3 Å². The van der Waals surface area contributed by atoms with Crippen LogP contribution in [0.1, 0.15) is 79.7 Å². The second-order valence-electron chi connectivity index (χ2n) is 12.2. The van der Waals surface area contributed by atoms with Crippen molar-refractivity contribution < 1.29 is 41.7 Å². The molecule has 12 heteroatoms. The molecule has 1 aromatic carbocycles. The summed E-state index contributed by atoms with van der Waals surface area (Å²) in [6.45, 7) is 11.1. The fourth-order valence-electron chi connectivity index (χ4n) is 4.55. The van der Waals surface area contributed by atoms with Gasteiger partial charge in [0.2, 0.25) is 5.54 Å². The molecule has 2 rings (SSSR count). The highest BCUT2D eigenvalue weighted by Crippen LogP contribution is 2.40. The molecule has 1 amide bonds. The minimum atomic E-state index is -5.06. The second kappa shape index (κ2) is 12.9. The molecular formula is C29H39BrF4N2O5. The lowest BCUT2D eigenvalue weighted by Crippen LogP contribution is -2.59. The van der Waals surface area contributed by atoms with E-state index in [0.717, 1.165) is 13.8 Å². The molecule has 0 saturated carbocycles. The number of ether oxygens (including phenoxy) is 2. The van der Waals surface area contributed by atoms with E-state index < -0.39 is 53.2 Å². The van der Waals surface area contributed by atoms with Crippen molar-refractivity contribution in [2.45, 2.75) is 115 Å². The number of unbranched alkanes of at least 4 members (excludes halogenated alkanes) is 1. The summed E-state index contributed by atoms with van der Waals surface area (Å²) < 4.78 is 70.6. The first-order chi connectivity index (χ1) is 18.6. The minimum absolute atomic E-state index is 0.0153. The summed E-state index contributed by atoms with van der Waals surface area (Å²) in [7, 11) is 0. The lowest BCUT2D eigenvalue weighted by molar-refractivity contribution is -0.186. The summed E-state index contributed by atoms with van der Waals surface area (Å²) in [4.78, 5) is 26.2. The number of carboxylic acids is 1. The number of hydrogen-bond acceptors (Lipinski definition) is 5. The highest BCUT2D eigenvalue weighted by Gasteiger charge is 2.57. The van der Waals surface area contributed by atoms with Crippen LogP contribution in [0.2, 0.25) is 0 Å². The van der Waals surface area contributed by atoms with Gasteiger partial charge >= 0.3 is 18.2 Å². The Balaban J connectivity index is 2.35. The molecule has 0 bridgehead atoms. The van der Waals surface area contributed by atoms with Gasteiger partial charge in [-0.3, -0.25) is 15.0 Å². The van der Waals surface area contributed by atoms with Crippen LogP contribution in [0.3, 0.4) is 0 Å². The van der Waals surface area contributed by atoms with Crippen molar-refractivity contribution in [3.63, 3.8) is 0 Å². The number of carbonyl (C=O) groups is 2. The molecule has 7 nitrogen and oxygen atoms in total. The minimum Gasteiger partial charge on any atom is -0.480 e. The van der Waals surface area contributed by atoms with Crippen LogP contribution in [-0.4, -0.2) is 63.9 Å². The molecule has 1 aliphatic rings. The lowest BCUT2D eigenvalue weighted by Gasteiger charge is -2.36. The van der Waals surface area contributed by atoms with Crippen molar-refractivity contribution in [1.82, 2.24) is 10.2 Å². The Kier molecular flexibility index (Phi) is 10.9. The number of amides is 1. The number of carboxylic acid groups (broad SMARTS) is 1. The van der Waals surface area contributed by atoms with Gasteiger partial charge in [0.25, 0.3) is 0 Å². The van der Waals surface area contributed by atoms with Crippen LogP contribution in [0, 0.1) is 11.8 Å². The quantitative estimate of drug-likeness (QED) is 0.171. The van der Waals surface area contributed by atoms with E-state index >= 15 is 0 Å². The van der Waals surface area contributed by atoms with Crippen molar-refractivity contribution in [2.24, 2.45) is 0 Å². The fourth-order valence-corrected chi connectivity index (χ4v) is 4.82. The number of alkyl halides is 4. The Morgan fingerprint density at radius 3 is 2.24 bits per heavy atom. The van der Waals surface area contributed by atoms with Gasteiger partial charge in [0.15, 0.2) is 0 Å². The number of nitrogens with one attached hydrogen (secondary N) is 1. The Labute approximate surface area is 247 Å². The number of halogens is 5. The molecule has 0 unspecified atom stereocenters. The maximum Gasteiger partial charge on any atom is 0.422 e. The zero-order valence-corrected chi connectivity index (χ0v) is 26.0. The highest BCUT2D eigenvalue weighted by atomic mass is 79.9. The normalized spacial score (nSPS) is 19.6. The molecule has 0 aliphatic carbocycles. The highest BCUT2D eigenvalue weighted by molar-refractivity contribution is 9.10. The van der Waals surface area contributed by atoms with Gasteiger partial charge in [-0.2, -0.15) is 13.2 Å². The third-order valence-corrected chi connectivity index (χ3v) is 6.89. The van der Waals surface area contributed by atoms with Gasteiger partial charge in [-0.1, -0.05) is 34.0 Å². The van der Waals surface area contributed by atoms with Gasteiger partial charge in [0.1, 0.15) is 23.0 Å². The van der Waals surface area contributed by atoms with E-state index in [1.165, 1.54) is 29.2 Å². The van der Waals surface area contributed by atoms with E-state index in [9.17, 15) is 32.3 Å². The van der Waals surface area contributed by atoms with E-state index in [2.05, 4.69) is 33.1 Å². The molecule has 1 saturated heterocycles. The molecule has 3 atom stereocenters. The van der Waals surface area contributed by atoms with Crippen molar-refractivity contribution in [2.75, 3.05) is 6.61 Å². The number of hydrogen-bond donors (Lipinski definition) is 2. The molecule has 0 spiro atoms. The van der Waals surface area contributed by atoms with Crippen LogP contribution in [0.5, 0.6) is 0 Å². The number of nitrogens with zero attached hydrogens (tertiary/aromatic N) is 1. The number of carbonyl (C=O) groups excluding carboxylic acids is 1. The summed E-state index contributed by atoms with van der Waals surface area (Å²) in [5.41, 5.74) is -7.12. The molecule has 41 heavy (non-hydrogen) atoms. The van der Waals surface area contributed by atoms with Gasteiger partial charge in [0.05, 0.1) is 12.6 Å². The average molecular weight is 652 g/mol. The van der Waals surface area contributed by atoms with Crippen LogP contribution >= 0.6 is 15.9 Å². The molecule has 1 heterocycles. The summed E-state index contributed by atoms with van der Waals surface area (Å²) in [5.74, 6) is 3.21. The van der Waals surface area contributed by atoms with Crippen LogP contribution in [-0.2, 0) is 19.8 Å². The largest absolute Gasteiger partial charge is 0.480 e. The molecule has 1 aromatic rings. The van der Waals surface area contributed by atoms with E-state index in [1.54, 1.807) is 34.6 Å². The smallest absolute Gasteiger partial charge is 0.422 e. The number of aliphatic carboxylic acids is 1. The van der Waals surface area contributed by atoms with Gasteiger partial charge in [-0.15, -0.1) is 5.92 Å². The van der Waals surface area contributed by atoms with Gasteiger partial charge in [-0.25, -0.2) is 9.18 Å². The fraction of sp³-hybridized carbons (Fsp3) is 0.655. The van der Waals surface area contributed by atoms with Crippen molar-refractivity contribution in [3.8, 4) is 11.8 Å². The first kappa shape index (κ1) is 34.8. The molecular weight excluding hydrogens is 612 g/mol. The summed E-state index contributed by atoms with van der Waals surface area (Å²) >= 11 is 3.19. The van der Waals surface area contributed by atoms with E-state index in [0.29, 0.717) is 17.3 Å². The first-order valence-corrected chi connectivity index (χ1v) is 14.1. The molecule has 1 fully saturated rings. The van der Waals surface area contributed by atoms with Crippen LogP contribution in [0.15, 0.2) is 28.7 Å². The molecule has 1 aliphatic heterocycles. The molecule has 2 N–H and O–H groups in total. The first-order valence-electron chi connectivity index (χ1n) is 13.3.